The second kappa shape index (κ2) is 39.1. The standard InChI is InChI=1S/C48H85NO7/c1-6-8-10-12-14-16-18-20-22-23-25-26-28-30-32-34-36-38-46(50)55-43-44(42-54-41-40-45(48(52)53)49(3,4)5)56-47(51)39-37-35-33-31-29-27-24-21-19-17-15-13-11-9-7-2/h9,11,15,17,21,24,29,31,44-45H,6-8,10,12-14,16,18-20,22-23,25-28,30,32-43H2,1-5H3/b11-9-,17-15-,24-21-,31-29-. The Kier molecular flexibility index (Phi) is 37.2. The van der Waals surface area contributed by atoms with Crippen molar-refractivity contribution in [2.24, 2.45) is 0 Å². The van der Waals surface area contributed by atoms with Gasteiger partial charge in [0.15, 0.2) is 6.10 Å². The predicted molar refractivity (Wildman–Crippen MR) is 231 cm³/mol. The Hall–Kier alpha value is -2.71. The highest BCUT2D eigenvalue weighted by atomic mass is 16.6. The first-order valence-electron chi connectivity index (χ1n) is 22.7. The number of quaternary nitrogens is 1. The number of nitrogens with zero attached hydrogens (tertiary/aromatic N) is 1. The minimum atomic E-state index is -1.13. The fourth-order valence-corrected chi connectivity index (χ4v) is 6.47. The fourth-order valence-electron chi connectivity index (χ4n) is 6.47. The topological polar surface area (TPSA) is 102 Å². The van der Waals surface area contributed by atoms with E-state index < -0.39 is 18.1 Å². The number of esters is 2. The number of hydrogen-bond donors (Lipinski definition) is 0. The third-order valence-electron chi connectivity index (χ3n) is 9.98. The van der Waals surface area contributed by atoms with E-state index >= 15 is 0 Å². The van der Waals surface area contributed by atoms with Crippen molar-refractivity contribution in [3.05, 3.63) is 48.6 Å². The largest absolute Gasteiger partial charge is 0.544 e. The molecule has 0 N–H and O–H groups in total. The van der Waals surface area contributed by atoms with Crippen molar-refractivity contribution < 1.29 is 38.2 Å². The number of hydrogen-bond acceptors (Lipinski definition) is 7. The third-order valence-corrected chi connectivity index (χ3v) is 9.98. The fraction of sp³-hybridized carbons (Fsp3) is 0.771. The van der Waals surface area contributed by atoms with Crippen LogP contribution in [-0.4, -0.2) is 75.5 Å². The lowest BCUT2D eigenvalue weighted by Crippen LogP contribution is -2.55. The molecule has 0 aliphatic heterocycles. The van der Waals surface area contributed by atoms with Crippen molar-refractivity contribution in [3.63, 3.8) is 0 Å². The van der Waals surface area contributed by atoms with E-state index in [0.29, 0.717) is 12.8 Å². The predicted octanol–water partition coefficient (Wildman–Crippen LogP) is 11.1. The molecule has 0 bridgehead atoms. The van der Waals surface area contributed by atoms with Crippen LogP contribution in [0.25, 0.3) is 0 Å². The summed E-state index contributed by atoms with van der Waals surface area (Å²) >= 11 is 0. The molecular weight excluding hydrogens is 703 g/mol. The first-order chi connectivity index (χ1) is 27.1. The molecule has 0 aromatic heterocycles. The number of ether oxygens (including phenoxy) is 3. The van der Waals surface area contributed by atoms with E-state index in [1.54, 1.807) is 21.1 Å². The summed E-state index contributed by atoms with van der Waals surface area (Å²) in [7, 11) is 5.39. The van der Waals surface area contributed by atoms with Gasteiger partial charge >= 0.3 is 11.9 Å². The van der Waals surface area contributed by atoms with Crippen LogP contribution in [0.3, 0.4) is 0 Å². The Morgan fingerprint density at radius 3 is 1.48 bits per heavy atom. The Balaban J connectivity index is 4.37. The van der Waals surface area contributed by atoms with E-state index in [0.717, 1.165) is 57.8 Å². The van der Waals surface area contributed by atoms with Gasteiger partial charge in [-0.05, 0) is 51.4 Å². The summed E-state index contributed by atoms with van der Waals surface area (Å²) in [5, 5.41) is 11.6. The molecule has 8 heteroatoms. The Morgan fingerprint density at radius 2 is 1.00 bits per heavy atom. The second-order valence-electron chi connectivity index (χ2n) is 16.3. The summed E-state index contributed by atoms with van der Waals surface area (Å²) in [6.07, 6.45) is 45.7. The Morgan fingerprint density at radius 1 is 0.554 bits per heavy atom. The number of allylic oxidation sites excluding steroid dienone is 8. The van der Waals surface area contributed by atoms with E-state index in [1.807, 2.05) is 0 Å². The van der Waals surface area contributed by atoms with Crippen LogP contribution < -0.4 is 5.11 Å². The van der Waals surface area contributed by atoms with E-state index in [-0.39, 0.29) is 49.1 Å². The molecule has 2 unspecified atom stereocenters. The maximum absolute atomic E-state index is 12.7. The van der Waals surface area contributed by atoms with Crippen LogP contribution in [-0.2, 0) is 28.6 Å². The average Bonchev–Trinajstić information content (AvgIpc) is 3.15. The van der Waals surface area contributed by atoms with Crippen molar-refractivity contribution in [2.75, 3.05) is 41.0 Å². The molecule has 0 fully saturated rings. The van der Waals surface area contributed by atoms with E-state index in [4.69, 9.17) is 14.2 Å². The Bertz CT molecular complexity index is 1060. The molecule has 0 spiro atoms. The van der Waals surface area contributed by atoms with Crippen molar-refractivity contribution in [1.82, 2.24) is 0 Å². The third kappa shape index (κ3) is 36.9. The van der Waals surface area contributed by atoms with Crippen molar-refractivity contribution in [3.8, 4) is 0 Å². The average molecular weight is 788 g/mol. The number of carboxylic acid groups (broad SMARTS) is 1. The lowest BCUT2D eigenvalue weighted by Gasteiger charge is -2.34. The zero-order valence-corrected chi connectivity index (χ0v) is 36.8. The van der Waals surface area contributed by atoms with Gasteiger partial charge in [0, 0.05) is 19.3 Å². The van der Waals surface area contributed by atoms with Crippen molar-refractivity contribution >= 4 is 17.9 Å². The van der Waals surface area contributed by atoms with Gasteiger partial charge in [0.25, 0.3) is 0 Å². The van der Waals surface area contributed by atoms with Crippen LogP contribution in [0.2, 0.25) is 0 Å². The number of carbonyl (C=O) groups is 3. The van der Waals surface area contributed by atoms with Crippen LogP contribution in [0.5, 0.6) is 0 Å². The summed E-state index contributed by atoms with van der Waals surface area (Å²) in [5.41, 5.74) is 0. The smallest absolute Gasteiger partial charge is 0.306 e. The molecule has 0 radical (unpaired) electrons. The SMILES string of the molecule is CC/C=C\C/C=C\C/C=C\C/C=C\CCCCC(=O)OC(COCCC(C(=O)[O-])[N+](C)(C)C)COC(=O)CCCCCCCCCCCCCCCCCCC. The molecule has 0 rings (SSSR count). The molecule has 0 aliphatic rings. The number of likely N-dealkylation sites (N-methyl/N-ethyl adjacent to an activating group) is 1. The maximum atomic E-state index is 12.7. The van der Waals surface area contributed by atoms with Crippen molar-refractivity contribution in [1.29, 1.82) is 0 Å². The molecule has 0 aromatic rings. The van der Waals surface area contributed by atoms with Crippen LogP contribution in [0.4, 0.5) is 0 Å². The van der Waals surface area contributed by atoms with Crippen molar-refractivity contribution in [2.45, 2.75) is 199 Å². The molecule has 2 atom stereocenters. The highest BCUT2D eigenvalue weighted by Gasteiger charge is 2.25. The molecule has 0 heterocycles. The van der Waals surface area contributed by atoms with E-state index in [9.17, 15) is 19.5 Å². The van der Waals surface area contributed by atoms with E-state index in [1.165, 1.54) is 89.9 Å². The highest BCUT2D eigenvalue weighted by molar-refractivity contribution is 5.70. The summed E-state index contributed by atoms with van der Waals surface area (Å²) < 4.78 is 17.1. The molecule has 56 heavy (non-hydrogen) atoms. The van der Waals surface area contributed by atoms with Gasteiger partial charge in [-0.15, -0.1) is 0 Å². The van der Waals surface area contributed by atoms with Gasteiger partial charge < -0.3 is 28.6 Å². The zero-order valence-electron chi connectivity index (χ0n) is 36.8. The zero-order chi connectivity index (χ0) is 41.4. The molecular formula is C48H85NO7. The first-order valence-corrected chi connectivity index (χ1v) is 22.7. The minimum Gasteiger partial charge on any atom is -0.544 e. The van der Waals surface area contributed by atoms with Gasteiger partial charge in [-0.25, -0.2) is 0 Å². The minimum absolute atomic E-state index is 0.0248. The van der Waals surface area contributed by atoms with Gasteiger partial charge in [0.2, 0.25) is 0 Å². The van der Waals surface area contributed by atoms with Gasteiger partial charge in [-0.3, -0.25) is 9.59 Å². The van der Waals surface area contributed by atoms with E-state index in [2.05, 4.69) is 62.5 Å². The number of carboxylic acids is 1. The maximum Gasteiger partial charge on any atom is 0.306 e. The molecule has 324 valence electrons. The summed E-state index contributed by atoms with van der Waals surface area (Å²) in [5.74, 6) is -1.79. The lowest BCUT2D eigenvalue weighted by molar-refractivity contribution is -0.889. The number of carbonyl (C=O) groups excluding carboxylic acids is 3. The van der Waals surface area contributed by atoms with Crippen LogP contribution in [0.1, 0.15) is 187 Å². The number of aliphatic carboxylic acids is 1. The highest BCUT2D eigenvalue weighted by Crippen LogP contribution is 2.15. The molecule has 0 amide bonds. The van der Waals surface area contributed by atoms with Gasteiger partial charge in [0.1, 0.15) is 12.6 Å². The molecule has 0 aliphatic carbocycles. The summed E-state index contributed by atoms with van der Waals surface area (Å²) in [6, 6.07) is -0.733. The van der Waals surface area contributed by atoms with Gasteiger partial charge in [-0.1, -0.05) is 165 Å². The van der Waals surface area contributed by atoms with Crippen LogP contribution >= 0.6 is 0 Å². The molecule has 0 saturated carbocycles. The Labute approximate surface area is 344 Å². The normalized spacial score (nSPS) is 13.4. The second-order valence-corrected chi connectivity index (χ2v) is 16.3. The van der Waals surface area contributed by atoms with Gasteiger partial charge in [0.05, 0.1) is 40.3 Å². The molecule has 8 nitrogen and oxygen atoms in total. The monoisotopic (exact) mass is 788 g/mol. The summed E-state index contributed by atoms with van der Waals surface area (Å²) in [4.78, 5) is 36.9. The first kappa shape index (κ1) is 53.3. The van der Waals surface area contributed by atoms with Crippen LogP contribution in [0.15, 0.2) is 48.6 Å². The number of rotatable bonds is 40. The number of unbranched alkanes of at least 4 members (excludes halogenated alkanes) is 18. The van der Waals surface area contributed by atoms with Crippen LogP contribution in [0, 0.1) is 0 Å². The lowest BCUT2D eigenvalue weighted by atomic mass is 10.0. The summed E-state index contributed by atoms with van der Waals surface area (Å²) in [6.45, 7) is 4.51. The molecule has 0 aromatic carbocycles. The quantitative estimate of drug-likeness (QED) is 0.0264. The van der Waals surface area contributed by atoms with Gasteiger partial charge in [-0.2, -0.15) is 0 Å². The molecule has 0 saturated heterocycles.